The van der Waals surface area contributed by atoms with Crippen molar-refractivity contribution in [2.45, 2.75) is 0 Å². The van der Waals surface area contributed by atoms with Crippen LogP contribution in [0.4, 0.5) is 5.69 Å². The van der Waals surface area contributed by atoms with E-state index in [4.69, 9.17) is 10.1 Å². The van der Waals surface area contributed by atoms with Gasteiger partial charge in [0.05, 0.1) is 25.3 Å². The van der Waals surface area contributed by atoms with Gasteiger partial charge in [-0.1, -0.05) is 18.2 Å². The lowest BCUT2D eigenvalue weighted by atomic mass is 9.95. The fourth-order valence-electron chi connectivity index (χ4n) is 3.13. The second kappa shape index (κ2) is 6.11. The monoisotopic (exact) mass is 348 g/mol. The molecule has 1 saturated heterocycles. The molecule has 0 radical (unpaired) electrons. The number of carbonyl (C=O) groups is 2. The number of amidine groups is 1. The molecule has 1 aromatic rings. The highest BCUT2D eigenvalue weighted by Crippen LogP contribution is 2.28. The van der Waals surface area contributed by atoms with Crippen LogP contribution in [0.2, 0.25) is 0 Å². The molecule has 2 heterocycles. The lowest BCUT2D eigenvalue weighted by Crippen LogP contribution is -2.39. The van der Waals surface area contributed by atoms with Gasteiger partial charge in [0, 0.05) is 5.69 Å². The number of rotatable bonds is 2. The number of benzene rings is 1. The molecular formula is C19H16N4O3. The van der Waals surface area contributed by atoms with E-state index in [1.54, 1.807) is 60.6 Å². The number of carbonyl (C=O) groups excluding carboxylic acids is 2. The second-order valence-electron chi connectivity index (χ2n) is 6.03. The zero-order chi connectivity index (χ0) is 18.3. The van der Waals surface area contributed by atoms with Crippen molar-refractivity contribution in [3.05, 3.63) is 60.0 Å². The molecule has 3 aliphatic rings. The maximum absolute atomic E-state index is 12.5. The summed E-state index contributed by atoms with van der Waals surface area (Å²) in [5.41, 5.74) is 1.40. The minimum Gasteiger partial charge on any atom is -0.497 e. The van der Waals surface area contributed by atoms with E-state index < -0.39 is 5.92 Å². The summed E-state index contributed by atoms with van der Waals surface area (Å²) in [5, 5.41) is 11.1. The van der Waals surface area contributed by atoms with Crippen LogP contribution in [0.1, 0.15) is 0 Å². The number of fused-ring (bicyclic) bond motifs is 1. The average Bonchev–Trinajstić information content (AvgIpc) is 2.96. The number of aliphatic imine (C=N–C) groups is 1. The summed E-state index contributed by atoms with van der Waals surface area (Å²) in [6.07, 6.45) is 7.08. The molecule has 2 N–H and O–H groups in total. The fourth-order valence-corrected chi connectivity index (χ4v) is 3.13. The minimum atomic E-state index is -0.451. The number of allylic oxidation sites excluding steroid dienone is 3. The number of anilines is 1. The predicted molar refractivity (Wildman–Crippen MR) is 97.4 cm³/mol. The standard InChI is InChI=1S/C19H16N4O3/c1-26-12-8-6-11(7-9-12)23-10-15(24)16(17(23)20)18-21-14-5-3-2-4-13(14)19(25)22-18/h2-9,13,20H,10H2,1H3,(H,22,25)/b18-16-,20-17?. The van der Waals surface area contributed by atoms with Gasteiger partial charge >= 0.3 is 0 Å². The average molecular weight is 348 g/mol. The van der Waals surface area contributed by atoms with Crippen LogP contribution in [0, 0.1) is 11.3 Å². The summed E-state index contributed by atoms with van der Waals surface area (Å²) < 4.78 is 5.13. The molecule has 130 valence electrons. The van der Waals surface area contributed by atoms with E-state index in [0.717, 1.165) is 0 Å². The van der Waals surface area contributed by atoms with Gasteiger partial charge in [0.25, 0.3) is 0 Å². The number of hydrogen-bond acceptors (Lipinski definition) is 5. The molecule has 7 heteroatoms. The molecule has 1 fully saturated rings. The first-order chi connectivity index (χ1) is 12.6. The number of nitrogens with one attached hydrogen (secondary N) is 2. The number of Topliss-reactive ketones (excluding diaryl/α,β-unsaturated/α-hetero) is 1. The number of methoxy groups -OCH3 is 1. The molecule has 1 aliphatic carbocycles. The van der Waals surface area contributed by atoms with Gasteiger partial charge in [-0.15, -0.1) is 0 Å². The van der Waals surface area contributed by atoms with Gasteiger partial charge in [0.15, 0.2) is 5.78 Å². The maximum Gasteiger partial charge on any atom is 0.238 e. The molecule has 0 aromatic heterocycles. The highest BCUT2D eigenvalue weighted by Gasteiger charge is 2.37. The number of amides is 1. The second-order valence-corrected chi connectivity index (χ2v) is 6.03. The summed E-state index contributed by atoms with van der Waals surface area (Å²) in [5.74, 6) is -0.0899. The number of ether oxygens (including phenoxy) is 1. The first-order valence-corrected chi connectivity index (χ1v) is 8.11. The highest BCUT2D eigenvalue weighted by atomic mass is 16.5. The van der Waals surface area contributed by atoms with Crippen molar-refractivity contribution >= 4 is 28.9 Å². The Morgan fingerprint density at radius 1 is 1.23 bits per heavy atom. The van der Waals surface area contributed by atoms with Crippen LogP contribution in [0.15, 0.2) is 65.0 Å². The van der Waals surface area contributed by atoms with Gasteiger partial charge in [-0.25, -0.2) is 4.99 Å². The Hall–Kier alpha value is -3.48. The lowest BCUT2D eigenvalue weighted by Gasteiger charge is -2.23. The molecule has 4 rings (SSSR count). The van der Waals surface area contributed by atoms with Crippen LogP contribution >= 0.6 is 0 Å². The predicted octanol–water partition coefficient (Wildman–Crippen LogP) is 1.59. The molecule has 2 aliphatic heterocycles. The summed E-state index contributed by atoms with van der Waals surface area (Å²) >= 11 is 0. The Morgan fingerprint density at radius 3 is 2.73 bits per heavy atom. The van der Waals surface area contributed by atoms with Crippen molar-refractivity contribution < 1.29 is 14.3 Å². The first-order valence-electron chi connectivity index (χ1n) is 8.11. The summed E-state index contributed by atoms with van der Waals surface area (Å²) in [6, 6.07) is 7.10. The van der Waals surface area contributed by atoms with E-state index in [-0.39, 0.29) is 35.5 Å². The third kappa shape index (κ3) is 2.54. The van der Waals surface area contributed by atoms with Crippen molar-refractivity contribution in [1.82, 2.24) is 5.32 Å². The quantitative estimate of drug-likeness (QED) is 0.794. The van der Waals surface area contributed by atoms with E-state index in [2.05, 4.69) is 10.3 Å². The van der Waals surface area contributed by atoms with Crippen molar-refractivity contribution in [3.63, 3.8) is 0 Å². The van der Waals surface area contributed by atoms with E-state index >= 15 is 0 Å². The van der Waals surface area contributed by atoms with Crippen LogP contribution < -0.4 is 15.0 Å². The molecule has 0 saturated carbocycles. The molecule has 1 amide bonds. The van der Waals surface area contributed by atoms with Crippen molar-refractivity contribution in [3.8, 4) is 5.75 Å². The molecule has 0 spiro atoms. The summed E-state index contributed by atoms with van der Waals surface area (Å²) in [6.45, 7) is 0.0316. The lowest BCUT2D eigenvalue weighted by molar-refractivity contribution is -0.121. The van der Waals surface area contributed by atoms with Crippen LogP contribution in [-0.4, -0.2) is 36.9 Å². The Labute approximate surface area is 149 Å². The van der Waals surface area contributed by atoms with Gasteiger partial charge in [-0.2, -0.15) is 0 Å². The number of hydrogen-bond donors (Lipinski definition) is 2. The molecule has 7 nitrogen and oxygen atoms in total. The fraction of sp³-hybridized carbons (Fsp3) is 0.158. The Balaban J connectivity index is 1.71. The Kier molecular flexibility index (Phi) is 3.76. The van der Waals surface area contributed by atoms with E-state index in [1.807, 2.05) is 0 Å². The van der Waals surface area contributed by atoms with Crippen LogP contribution in [-0.2, 0) is 9.59 Å². The van der Waals surface area contributed by atoms with Crippen LogP contribution in [0.25, 0.3) is 0 Å². The smallest absolute Gasteiger partial charge is 0.238 e. The zero-order valence-electron chi connectivity index (χ0n) is 14.0. The molecule has 1 unspecified atom stereocenters. The Morgan fingerprint density at radius 2 is 2.00 bits per heavy atom. The first kappa shape index (κ1) is 16.0. The molecular weight excluding hydrogens is 332 g/mol. The van der Waals surface area contributed by atoms with Gasteiger partial charge in [-0.05, 0) is 30.3 Å². The Bertz CT molecular complexity index is 938. The topological polar surface area (TPSA) is 94.8 Å². The SMILES string of the molecule is COc1ccc(N2CC(=O)/C(=C3\N=C4C=CC=CC4C(=O)N3)C2=N)cc1. The van der Waals surface area contributed by atoms with Crippen LogP contribution in [0.3, 0.4) is 0 Å². The molecule has 1 aromatic carbocycles. The van der Waals surface area contributed by atoms with Gasteiger partial charge in [0.2, 0.25) is 5.91 Å². The summed E-state index contributed by atoms with van der Waals surface area (Å²) in [7, 11) is 1.58. The van der Waals surface area contributed by atoms with Gasteiger partial charge in [0.1, 0.15) is 23.0 Å². The van der Waals surface area contributed by atoms with E-state index in [9.17, 15) is 9.59 Å². The minimum absolute atomic E-state index is 0.0218. The third-order valence-corrected chi connectivity index (χ3v) is 4.47. The van der Waals surface area contributed by atoms with Gasteiger partial charge in [-0.3, -0.25) is 15.0 Å². The molecule has 0 bridgehead atoms. The van der Waals surface area contributed by atoms with Crippen molar-refractivity contribution in [2.24, 2.45) is 10.9 Å². The largest absolute Gasteiger partial charge is 0.497 e. The third-order valence-electron chi connectivity index (χ3n) is 4.47. The van der Waals surface area contributed by atoms with Gasteiger partial charge < -0.3 is 15.0 Å². The number of ketones is 1. The van der Waals surface area contributed by atoms with Crippen molar-refractivity contribution in [1.29, 1.82) is 5.41 Å². The summed E-state index contributed by atoms with van der Waals surface area (Å²) in [4.78, 5) is 30.8. The molecule has 26 heavy (non-hydrogen) atoms. The normalized spacial score (nSPS) is 24.5. The van der Waals surface area contributed by atoms with E-state index in [0.29, 0.717) is 17.1 Å². The van der Waals surface area contributed by atoms with Crippen LogP contribution in [0.5, 0.6) is 5.75 Å². The van der Waals surface area contributed by atoms with E-state index in [1.165, 1.54) is 0 Å². The maximum atomic E-state index is 12.5. The number of nitrogens with zero attached hydrogens (tertiary/aromatic N) is 2. The highest BCUT2D eigenvalue weighted by molar-refractivity contribution is 6.34. The zero-order valence-corrected chi connectivity index (χ0v) is 14.0. The molecule has 1 atom stereocenters. The van der Waals surface area contributed by atoms with Crippen molar-refractivity contribution in [2.75, 3.05) is 18.6 Å².